The fourth-order valence-corrected chi connectivity index (χ4v) is 2.64. The van der Waals surface area contributed by atoms with Gasteiger partial charge in [-0.15, -0.1) is 12.4 Å². The number of likely N-dealkylation sites (tertiary alicyclic amines) is 1. The van der Waals surface area contributed by atoms with Crippen molar-refractivity contribution in [2.45, 2.75) is 19.4 Å². The first-order valence-electron chi connectivity index (χ1n) is 7.05. The largest absolute Gasteiger partial charge is 0.504 e. The second kappa shape index (κ2) is 6.55. The summed E-state index contributed by atoms with van der Waals surface area (Å²) in [4.78, 5) is 13.9. The minimum atomic E-state index is -0.347. The normalized spacial score (nSPS) is 17.2. The Morgan fingerprint density at radius 3 is 2.83 bits per heavy atom. The minimum Gasteiger partial charge on any atom is -0.504 e. The third-order valence-corrected chi connectivity index (χ3v) is 3.82. The van der Waals surface area contributed by atoms with Crippen LogP contribution in [0.4, 0.5) is 4.39 Å². The highest BCUT2D eigenvalue weighted by atomic mass is 35.5. The summed E-state index contributed by atoms with van der Waals surface area (Å²) in [7, 11) is 0. The van der Waals surface area contributed by atoms with Crippen LogP contribution in [0.1, 0.15) is 22.5 Å². The average molecular weight is 341 g/mol. The number of aromatic nitrogens is 2. The van der Waals surface area contributed by atoms with Gasteiger partial charge in [-0.1, -0.05) is 0 Å². The van der Waals surface area contributed by atoms with Crippen molar-refractivity contribution in [1.29, 1.82) is 0 Å². The van der Waals surface area contributed by atoms with Gasteiger partial charge in [-0.2, -0.15) is 5.10 Å². The molecule has 3 N–H and O–H groups in total. The maximum absolute atomic E-state index is 13.2. The van der Waals surface area contributed by atoms with E-state index < -0.39 is 0 Å². The smallest absolute Gasteiger partial charge is 0.278 e. The number of hydrogen-bond donors (Lipinski definition) is 2. The van der Waals surface area contributed by atoms with Gasteiger partial charge in [-0.25, -0.2) is 9.07 Å². The van der Waals surface area contributed by atoms with E-state index in [0.29, 0.717) is 24.3 Å². The van der Waals surface area contributed by atoms with E-state index in [4.69, 9.17) is 5.73 Å². The van der Waals surface area contributed by atoms with Gasteiger partial charge >= 0.3 is 0 Å². The van der Waals surface area contributed by atoms with E-state index in [1.807, 2.05) is 0 Å². The summed E-state index contributed by atoms with van der Waals surface area (Å²) < 4.78 is 14.5. The lowest BCUT2D eigenvalue weighted by atomic mass is 10.2. The molecule has 0 bridgehead atoms. The Hall–Kier alpha value is -2.12. The zero-order valence-electron chi connectivity index (χ0n) is 12.6. The standard InChI is InChI=1S/C15H17FN4O2.ClH/c1-9-6-10(16)2-3-12(9)20-8-13(21)14(18-20)15(22)19-5-4-11(17)7-19;/h2-3,6,8,11,21H,4-5,7,17H2,1H3;1H/t11-;/m1./s1. The van der Waals surface area contributed by atoms with Crippen LogP contribution in [-0.2, 0) is 0 Å². The molecule has 0 spiro atoms. The van der Waals surface area contributed by atoms with E-state index in [1.54, 1.807) is 17.9 Å². The lowest BCUT2D eigenvalue weighted by Gasteiger charge is -2.14. The minimum absolute atomic E-state index is 0. The van der Waals surface area contributed by atoms with Crippen LogP contribution in [0.25, 0.3) is 5.69 Å². The summed E-state index contributed by atoms with van der Waals surface area (Å²) in [6.07, 6.45) is 2.09. The number of nitrogens with two attached hydrogens (primary N) is 1. The van der Waals surface area contributed by atoms with Gasteiger partial charge in [-0.3, -0.25) is 4.79 Å². The Labute approximate surface area is 139 Å². The van der Waals surface area contributed by atoms with Crippen molar-refractivity contribution in [2.75, 3.05) is 13.1 Å². The molecule has 2 aromatic rings. The first kappa shape index (κ1) is 17.2. The zero-order valence-corrected chi connectivity index (χ0v) is 13.4. The second-order valence-electron chi connectivity index (χ2n) is 5.54. The molecular formula is C15H18ClFN4O2. The molecule has 0 saturated carbocycles. The number of nitrogens with zero attached hydrogens (tertiary/aromatic N) is 3. The first-order chi connectivity index (χ1) is 10.5. The van der Waals surface area contributed by atoms with Gasteiger partial charge < -0.3 is 15.7 Å². The van der Waals surface area contributed by atoms with Crippen LogP contribution in [0.5, 0.6) is 5.75 Å². The van der Waals surface area contributed by atoms with Crippen molar-refractivity contribution in [3.8, 4) is 11.4 Å². The van der Waals surface area contributed by atoms with Crippen LogP contribution in [0.2, 0.25) is 0 Å². The second-order valence-corrected chi connectivity index (χ2v) is 5.54. The first-order valence-corrected chi connectivity index (χ1v) is 7.05. The van der Waals surface area contributed by atoms with Gasteiger partial charge in [0.15, 0.2) is 11.4 Å². The number of hydrogen-bond acceptors (Lipinski definition) is 4. The SMILES string of the molecule is Cc1cc(F)ccc1-n1cc(O)c(C(=O)N2CC[C@@H](N)C2)n1.Cl. The van der Waals surface area contributed by atoms with E-state index in [0.717, 1.165) is 6.42 Å². The van der Waals surface area contributed by atoms with Crippen molar-refractivity contribution in [2.24, 2.45) is 5.73 Å². The van der Waals surface area contributed by atoms with Gasteiger partial charge in [0.25, 0.3) is 5.91 Å². The van der Waals surface area contributed by atoms with Crippen molar-refractivity contribution in [3.05, 3.63) is 41.5 Å². The van der Waals surface area contributed by atoms with E-state index >= 15 is 0 Å². The molecule has 1 atom stereocenters. The number of halogens is 2. The topological polar surface area (TPSA) is 84.4 Å². The summed E-state index contributed by atoms with van der Waals surface area (Å²) >= 11 is 0. The van der Waals surface area contributed by atoms with Crippen LogP contribution >= 0.6 is 12.4 Å². The fraction of sp³-hybridized carbons (Fsp3) is 0.333. The molecule has 0 radical (unpaired) electrons. The summed E-state index contributed by atoms with van der Waals surface area (Å²) in [5.74, 6) is -0.891. The van der Waals surface area contributed by atoms with E-state index in [1.165, 1.54) is 23.0 Å². The zero-order chi connectivity index (χ0) is 15.9. The third-order valence-electron chi connectivity index (χ3n) is 3.82. The van der Waals surface area contributed by atoms with E-state index in [9.17, 15) is 14.3 Å². The number of aryl methyl sites for hydroxylation is 1. The predicted molar refractivity (Wildman–Crippen MR) is 85.7 cm³/mol. The average Bonchev–Trinajstić information content (AvgIpc) is 3.04. The molecule has 1 aliphatic rings. The maximum atomic E-state index is 13.2. The lowest BCUT2D eigenvalue weighted by Crippen LogP contribution is -2.32. The van der Waals surface area contributed by atoms with Gasteiger partial charge in [0, 0.05) is 19.1 Å². The highest BCUT2D eigenvalue weighted by molar-refractivity contribution is 5.95. The molecule has 1 amide bonds. The molecule has 1 fully saturated rings. The summed E-state index contributed by atoms with van der Waals surface area (Å²) in [6.45, 7) is 2.75. The van der Waals surface area contributed by atoms with Gasteiger partial charge in [0.1, 0.15) is 5.82 Å². The molecule has 0 unspecified atom stereocenters. The molecule has 2 heterocycles. The Balaban J connectivity index is 0.00000192. The quantitative estimate of drug-likeness (QED) is 0.870. The summed E-state index contributed by atoms with van der Waals surface area (Å²) in [5.41, 5.74) is 7.04. The van der Waals surface area contributed by atoms with Crippen LogP contribution in [0.3, 0.4) is 0 Å². The molecule has 124 valence electrons. The highest BCUT2D eigenvalue weighted by Gasteiger charge is 2.28. The number of benzene rings is 1. The lowest BCUT2D eigenvalue weighted by molar-refractivity contribution is 0.0781. The predicted octanol–water partition coefficient (Wildman–Crippen LogP) is 1.62. The monoisotopic (exact) mass is 340 g/mol. The number of rotatable bonds is 2. The highest BCUT2D eigenvalue weighted by Crippen LogP contribution is 2.23. The number of carbonyl (C=O) groups is 1. The third kappa shape index (κ3) is 3.30. The van der Waals surface area contributed by atoms with Crippen LogP contribution in [-0.4, -0.2) is 44.8 Å². The number of aromatic hydroxyl groups is 1. The molecule has 6 nitrogen and oxygen atoms in total. The van der Waals surface area contributed by atoms with Gasteiger partial charge in [0.2, 0.25) is 0 Å². The summed E-state index contributed by atoms with van der Waals surface area (Å²) in [6, 6.07) is 4.20. The summed E-state index contributed by atoms with van der Waals surface area (Å²) in [5, 5.41) is 14.2. The van der Waals surface area contributed by atoms with Crippen molar-refractivity contribution in [1.82, 2.24) is 14.7 Å². The van der Waals surface area contributed by atoms with Crippen LogP contribution in [0, 0.1) is 12.7 Å². The van der Waals surface area contributed by atoms with Crippen molar-refractivity contribution >= 4 is 18.3 Å². The molecule has 3 rings (SSSR count). The van der Waals surface area contributed by atoms with Gasteiger partial charge in [0.05, 0.1) is 11.9 Å². The molecule has 1 saturated heterocycles. The molecule has 1 aromatic carbocycles. The molecule has 1 aromatic heterocycles. The van der Waals surface area contributed by atoms with E-state index in [-0.39, 0.29) is 41.6 Å². The molecule has 0 aliphatic carbocycles. The molecule has 8 heteroatoms. The molecule has 23 heavy (non-hydrogen) atoms. The number of amides is 1. The Morgan fingerprint density at radius 2 is 2.22 bits per heavy atom. The number of carbonyl (C=O) groups excluding carboxylic acids is 1. The Morgan fingerprint density at radius 1 is 1.48 bits per heavy atom. The van der Waals surface area contributed by atoms with Gasteiger partial charge in [-0.05, 0) is 37.1 Å². The maximum Gasteiger partial charge on any atom is 0.278 e. The van der Waals surface area contributed by atoms with Crippen LogP contribution in [0.15, 0.2) is 24.4 Å². The molecule has 1 aliphatic heterocycles. The van der Waals surface area contributed by atoms with E-state index in [2.05, 4.69) is 5.10 Å². The van der Waals surface area contributed by atoms with Crippen molar-refractivity contribution in [3.63, 3.8) is 0 Å². The van der Waals surface area contributed by atoms with Crippen LogP contribution < -0.4 is 5.73 Å². The fourth-order valence-electron chi connectivity index (χ4n) is 2.64. The molecular weight excluding hydrogens is 323 g/mol. The van der Waals surface area contributed by atoms with Crippen molar-refractivity contribution < 1.29 is 14.3 Å². The Kier molecular flexibility index (Phi) is 4.91. The Bertz CT molecular complexity index is 734.